The van der Waals surface area contributed by atoms with Crippen LogP contribution in [0.5, 0.6) is 11.5 Å². The van der Waals surface area contributed by atoms with Gasteiger partial charge in [-0.25, -0.2) is 18.0 Å². The number of benzene rings is 3. The number of rotatable bonds is 10. The van der Waals surface area contributed by atoms with Crippen LogP contribution in [0, 0.1) is 0 Å². The Labute approximate surface area is 183 Å². The molecule has 0 aliphatic carbocycles. The van der Waals surface area contributed by atoms with Crippen molar-refractivity contribution in [2.75, 3.05) is 17.9 Å². The number of hydrogen-bond donors (Lipinski definition) is 3. The van der Waals surface area contributed by atoms with Crippen molar-refractivity contribution in [2.24, 2.45) is 0 Å². The average molecular weight is 457 g/mol. The molecule has 0 saturated heterocycles. The largest absolute Gasteiger partial charge is 0.490 e. The number of ether oxygens (including phenoxy) is 2. The lowest BCUT2D eigenvalue weighted by Crippen LogP contribution is -2.16. The molecular formula is C22H19NO8S. The number of carbonyl (C=O) groups is 2. The molecule has 3 N–H and O–H groups in total. The zero-order valence-electron chi connectivity index (χ0n) is 16.6. The van der Waals surface area contributed by atoms with Gasteiger partial charge in [-0.2, -0.15) is 0 Å². The Kier molecular flexibility index (Phi) is 6.96. The van der Waals surface area contributed by atoms with Crippen molar-refractivity contribution in [3.63, 3.8) is 0 Å². The summed E-state index contributed by atoms with van der Waals surface area (Å²) in [6.07, 6.45) is 0. The van der Waals surface area contributed by atoms with Crippen LogP contribution in [0.3, 0.4) is 0 Å². The number of aromatic carboxylic acids is 2. The number of carboxylic acids is 2. The predicted octanol–water partition coefficient (Wildman–Crippen LogP) is 3.34. The molecule has 0 aliphatic heterocycles. The van der Waals surface area contributed by atoms with Crippen molar-refractivity contribution in [2.45, 2.75) is 4.90 Å². The number of para-hydroxylation sites is 1. The van der Waals surface area contributed by atoms with Gasteiger partial charge in [0.05, 0.1) is 5.56 Å². The second kappa shape index (κ2) is 9.84. The molecule has 0 heterocycles. The fourth-order valence-corrected chi connectivity index (χ4v) is 4.05. The van der Waals surface area contributed by atoms with Gasteiger partial charge in [-0.1, -0.05) is 24.3 Å². The van der Waals surface area contributed by atoms with Gasteiger partial charge in [-0.05, 0) is 48.5 Å². The summed E-state index contributed by atoms with van der Waals surface area (Å²) in [7, 11) is -4.10. The first kappa shape index (κ1) is 22.6. The van der Waals surface area contributed by atoms with Crippen LogP contribution in [-0.2, 0) is 10.0 Å². The number of carboxylic acid groups (broad SMARTS) is 2. The summed E-state index contributed by atoms with van der Waals surface area (Å²) in [5.41, 5.74) is -0.0535. The Balaban J connectivity index is 1.58. The second-order valence-corrected chi connectivity index (χ2v) is 8.08. The molecule has 9 nitrogen and oxygen atoms in total. The molecule has 0 aromatic heterocycles. The van der Waals surface area contributed by atoms with Crippen LogP contribution >= 0.6 is 0 Å². The topological polar surface area (TPSA) is 139 Å². The summed E-state index contributed by atoms with van der Waals surface area (Å²) in [5, 5.41) is 18.3. The van der Waals surface area contributed by atoms with Crippen molar-refractivity contribution < 1.29 is 37.7 Å². The maximum absolute atomic E-state index is 12.6. The fourth-order valence-electron chi connectivity index (χ4n) is 2.79. The molecule has 3 aromatic carbocycles. The highest BCUT2D eigenvalue weighted by molar-refractivity contribution is 7.92. The van der Waals surface area contributed by atoms with Gasteiger partial charge < -0.3 is 19.7 Å². The zero-order chi connectivity index (χ0) is 23.1. The lowest BCUT2D eigenvalue weighted by atomic mass is 10.2. The van der Waals surface area contributed by atoms with E-state index in [9.17, 15) is 23.1 Å². The van der Waals surface area contributed by atoms with E-state index in [0.717, 1.165) is 0 Å². The highest BCUT2D eigenvalue weighted by atomic mass is 32.2. The van der Waals surface area contributed by atoms with E-state index in [2.05, 4.69) is 4.72 Å². The Morgan fingerprint density at radius 2 is 1.31 bits per heavy atom. The Morgan fingerprint density at radius 1 is 0.750 bits per heavy atom. The van der Waals surface area contributed by atoms with E-state index in [1.54, 1.807) is 18.2 Å². The van der Waals surface area contributed by atoms with Gasteiger partial charge in [0.2, 0.25) is 0 Å². The molecule has 32 heavy (non-hydrogen) atoms. The Bertz CT molecular complexity index is 1220. The van der Waals surface area contributed by atoms with Gasteiger partial charge in [0.1, 0.15) is 35.2 Å². The van der Waals surface area contributed by atoms with E-state index in [4.69, 9.17) is 14.6 Å². The van der Waals surface area contributed by atoms with Crippen molar-refractivity contribution in [1.29, 1.82) is 0 Å². The summed E-state index contributed by atoms with van der Waals surface area (Å²) in [6, 6.07) is 17.6. The van der Waals surface area contributed by atoms with E-state index in [0.29, 0.717) is 5.75 Å². The van der Waals surface area contributed by atoms with E-state index in [1.165, 1.54) is 54.6 Å². The maximum Gasteiger partial charge on any atom is 0.339 e. The van der Waals surface area contributed by atoms with Crippen LogP contribution in [0.2, 0.25) is 0 Å². The molecule has 166 valence electrons. The highest BCUT2D eigenvalue weighted by Crippen LogP contribution is 2.22. The summed E-state index contributed by atoms with van der Waals surface area (Å²) >= 11 is 0. The van der Waals surface area contributed by atoms with Crippen LogP contribution in [0.15, 0.2) is 77.7 Å². The molecule has 0 aliphatic rings. The van der Waals surface area contributed by atoms with E-state index < -0.39 is 22.0 Å². The van der Waals surface area contributed by atoms with Crippen molar-refractivity contribution >= 4 is 27.6 Å². The quantitative estimate of drug-likeness (QED) is 0.394. The lowest BCUT2D eigenvalue weighted by molar-refractivity contribution is 0.0681. The van der Waals surface area contributed by atoms with E-state index in [1.807, 2.05) is 0 Å². The summed E-state index contributed by atoms with van der Waals surface area (Å²) in [6.45, 7) is 0.232. The minimum atomic E-state index is -4.10. The number of anilines is 1. The third-order valence-corrected chi connectivity index (χ3v) is 5.68. The summed E-state index contributed by atoms with van der Waals surface area (Å²) < 4.78 is 38.4. The molecule has 0 atom stereocenters. The Hall–Kier alpha value is -4.05. The third-order valence-electron chi connectivity index (χ3n) is 4.24. The Morgan fingerprint density at radius 3 is 1.97 bits per heavy atom. The van der Waals surface area contributed by atoms with Crippen LogP contribution in [0.25, 0.3) is 0 Å². The van der Waals surface area contributed by atoms with Crippen LogP contribution in [0.1, 0.15) is 20.7 Å². The monoisotopic (exact) mass is 457 g/mol. The van der Waals surface area contributed by atoms with Crippen molar-refractivity contribution in [3.05, 3.63) is 83.9 Å². The van der Waals surface area contributed by atoms with Crippen LogP contribution < -0.4 is 14.2 Å². The maximum atomic E-state index is 12.6. The molecule has 3 rings (SSSR count). The summed E-state index contributed by atoms with van der Waals surface area (Å²) in [4.78, 5) is 22.1. The molecular weight excluding hydrogens is 438 g/mol. The van der Waals surface area contributed by atoms with Gasteiger partial charge in [0.25, 0.3) is 10.0 Å². The molecule has 0 bridgehead atoms. The van der Waals surface area contributed by atoms with Gasteiger partial charge in [-0.3, -0.25) is 4.72 Å². The fraction of sp³-hybridized carbons (Fsp3) is 0.0909. The molecule has 0 fully saturated rings. The molecule has 0 radical (unpaired) electrons. The number of sulfonamides is 1. The standard InChI is InChI=1S/C22H19NO8S/c24-21(25)17-5-1-3-7-19(17)31-14-13-30-16-11-9-15(10-12-16)23-32(28,29)20-8-4-2-6-18(20)22(26)27/h1-12,23H,13-14H2,(H,24,25)(H,26,27). The van der Waals surface area contributed by atoms with Crippen molar-refractivity contribution in [3.8, 4) is 11.5 Å². The van der Waals surface area contributed by atoms with Gasteiger partial charge in [0.15, 0.2) is 0 Å². The number of hydrogen-bond acceptors (Lipinski definition) is 6. The molecule has 0 unspecified atom stereocenters. The zero-order valence-corrected chi connectivity index (χ0v) is 17.4. The third kappa shape index (κ3) is 5.55. The minimum absolute atomic E-state index is 0.0496. The average Bonchev–Trinajstić information content (AvgIpc) is 2.77. The first-order chi connectivity index (χ1) is 15.3. The lowest BCUT2D eigenvalue weighted by Gasteiger charge is -2.12. The van der Waals surface area contributed by atoms with Gasteiger partial charge >= 0.3 is 11.9 Å². The molecule has 0 spiro atoms. The van der Waals surface area contributed by atoms with Gasteiger partial charge in [0, 0.05) is 5.69 Å². The predicted molar refractivity (Wildman–Crippen MR) is 115 cm³/mol. The van der Waals surface area contributed by atoms with Crippen molar-refractivity contribution in [1.82, 2.24) is 0 Å². The smallest absolute Gasteiger partial charge is 0.339 e. The van der Waals surface area contributed by atoms with Crippen LogP contribution in [-0.4, -0.2) is 43.8 Å². The van der Waals surface area contributed by atoms with E-state index in [-0.39, 0.29) is 40.7 Å². The molecule has 10 heteroatoms. The molecule has 0 amide bonds. The molecule has 3 aromatic rings. The molecule has 0 saturated carbocycles. The van der Waals surface area contributed by atoms with Gasteiger partial charge in [-0.15, -0.1) is 0 Å². The first-order valence-corrected chi connectivity index (χ1v) is 10.8. The SMILES string of the molecule is O=C(O)c1ccccc1OCCOc1ccc(NS(=O)(=O)c2ccccc2C(=O)O)cc1. The summed E-state index contributed by atoms with van der Waals surface area (Å²) in [5.74, 6) is -1.77. The van der Waals surface area contributed by atoms with E-state index >= 15 is 0 Å². The first-order valence-electron chi connectivity index (χ1n) is 9.31. The normalized spacial score (nSPS) is 10.9. The highest BCUT2D eigenvalue weighted by Gasteiger charge is 2.21. The second-order valence-electron chi connectivity index (χ2n) is 6.43. The number of nitrogens with one attached hydrogen (secondary N) is 1. The minimum Gasteiger partial charge on any atom is -0.490 e. The van der Waals surface area contributed by atoms with Crippen LogP contribution in [0.4, 0.5) is 5.69 Å².